The summed E-state index contributed by atoms with van der Waals surface area (Å²) < 4.78 is 0. The van der Waals surface area contributed by atoms with Crippen molar-refractivity contribution < 1.29 is 4.79 Å². The minimum Gasteiger partial charge on any atom is -0.303 e. The van der Waals surface area contributed by atoms with E-state index in [1.165, 1.54) is 0 Å². The van der Waals surface area contributed by atoms with Crippen LogP contribution in [-0.4, -0.2) is 55.4 Å². The third-order valence-corrected chi connectivity index (χ3v) is 1.58. The molecule has 5 nitrogen and oxygen atoms in total. The van der Waals surface area contributed by atoms with Crippen molar-refractivity contribution in [3.05, 3.63) is 0 Å². The first-order chi connectivity index (χ1) is 6.88. The summed E-state index contributed by atoms with van der Waals surface area (Å²) in [5.74, 6) is 0.00630. The highest BCUT2D eigenvalue weighted by Crippen LogP contribution is 1.95. The number of rotatable bonds is 5. The zero-order valence-electron chi connectivity index (χ0n) is 10.4. The van der Waals surface area contributed by atoms with Gasteiger partial charge >= 0.3 is 0 Å². The molecule has 0 bridgehead atoms. The van der Waals surface area contributed by atoms with Crippen molar-refractivity contribution in [2.45, 2.75) is 20.3 Å². The van der Waals surface area contributed by atoms with Crippen LogP contribution in [0.4, 0.5) is 0 Å². The summed E-state index contributed by atoms with van der Waals surface area (Å²) >= 11 is 0. The second kappa shape index (κ2) is 6.16. The maximum absolute atomic E-state index is 11.6. The molecule has 0 spiro atoms. The third kappa shape index (κ3) is 5.15. The number of ketones is 1. The van der Waals surface area contributed by atoms with E-state index in [0.29, 0.717) is 17.8 Å². The Labute approximate surface area is 91.4 Å². The Kier molecular flexibility index (Phi) is 5.59. The maximum atomic E-state index is 11.6. The predicted octanol–water partition coefficient (Wildman–Crippen LogP) is 0.821. The minimum atomic E-state index is 0.00630. The average Bonchev–Trinajstić information content (AvgIpc) is 2.11. The number of nitrogens with zero attached hydrogens (tertiary/aromatic N) is 4. The average molecular weight is 212 g/mol. The summed E-state index contributed by atoms with van der Waals surface area (Å²) in [5, 5.41) is 11.6. The number of hydrogen-bond acceptors (Lipinski definition) is 5. The van der Waals surface area contributed by atoms with Crippen molar-refractivity contribution in [3.63, 3.8) is 0 Å². The largest absolute Gasteiger partial charge is 0.303 e. The molecule has 15 heavy (non-hydrogen) atoms. The first-order valence-corrected chi connectivity index (χ1v) is 4.90. The lowest BCUT2D eigenvalue weighted by Crippen LogP contribution is -2.26. The van der Waals surface area contributed by atoms with Gasteiger partial charge in [0.1, 0.15) is 5.71 Å². The molecule has 0 N–H and O–H groups in total. The summed E-state index contributed by atoms with van der Waals surface area (Å²) in [6, 6.07) is 0. The molecule has 0 aromatic heterocycles. The molecule has 0 aliphatic heterocycles. The number of Topliss-reactive ketones (excluding diaryl/α,β-unsaturated/α-hetero) is 1. The predicted molar refractivity (Wildman–Crippen MR) is 63.2 cm³/mol. The molecule has 0 aromatic carbocycles. The van der Waals surface area contributed by atoms with E-state index in [2.05, 4.69) is 10.2 Å². The molecule has 0 rings (SSSR count). The van der Waals surface area contributed by atoms with Crippen LogP contribution >= 0.6 is 0 Å². The van der Waals surface area contributed by atoms with Crippen LogP contribution in [0, 0.1) is 0 Å². The molecule has 0 saturated heterocycles. The van der Waals surface area contributed by atoms with Gasteiger partial charge in [-0.05, 0) is 6.92 Å². The molecular formula is C10H20N4O. The summed E-state index contributed by atoms with van der Waals surface area (Å²) in [5.41, 5.74) is 1.07. The SMILES string of the molecule is CCC(=O)C(=N\N(C)C)/C(C)=N/N(C)C. The van der Waals surface area contributed by atoms with Gasteiger partial charge in [0.15, 0.2) is 5.78 Å². The van der Waals surface area contributed by atoms with E-state index in [1.54, 1.807) is 31.0 Å². The number of carbonyl (C=O) groups is 1. The van der Waals surface area contributed by atoms with Gasteiger partial charge in [-0.15, -0.1) is 0 Å². The van der Waals surface area contributed by atoms with E-state index in [4.69, 9.17) is 0 Å². The molecule has 0 fully saturated rings. The van der Waals surface area contributed by atoms with Crippen LogP contribution in [0.1, 0.15) is 20.3 Å². The molecule has 0 atom stereocenters. The van der Waals surface area contributed by atoms with Crippen LogP contribution in [0.5, 0.6) is 0 Å². The lowest BCUT2D eigenvalue weighted by molar-refractivity contribution is -0.112. The van der Waals surface area contributed by atoms with E-state index < -0.39 is 0 Å². The molecule has 0 amide bonds. The number of hydrogen-bond donors (Lipinski definition) is 0. The van der Waals surface area contributed by atoms with E-state index in [1.807, 2.05) is 21.0 Å². The van der Waals surface area contributed by atoms with Crippen LogP contribution in [0.2, 0.25) is 0 Å². The lowest BCUT2D eigenvalue weighted by atomic mass is 10.1. The summed E-state index contributed by atoms with van der Waals surface area (Å²) in [4.78, 5) is 11.6. The summed E-state index contributed by atoms with van der Waals surface area (Å²) in [6.45, 7) is 3.60. The molecule has 0 heterocycles. The van der Waals surface area contributed by atoms with E-state index in [0.717, 1.165) is 0 Å². The second-order valence-electron chi connectivity index (χ2n) is 3.61. The summed E-state index contributed by atoms with van der Waals surface area (Å²) in [7, 11) is 7.19. The van der Waals surface area contributed by atoms with Gasteiger partial charge in [-0.1, -0.05) is 6.92 Å². The lowest BCUT2D eigenvalue weighted by Gasteiger charge is -2.11. The highest BCUT2D eigenvalue weighted by molar-refractivity contribution is 6.66. The fourth-order valence-electron chi connectivity index (χ4n) is 1.04. The molecule has 0 aliphatic rings. The Hall–Kier alpha value is -1.39. The van der Waals surface area contributed by atoms with E-state index >= 15 is 0 Å². The molecule has 0 radical (unpaired) electrons. The molecule has 0 aliphatic carbocycles. The van der Waals surface area contributed by atoms with Gasteiger partial charge < -0.3 is 10.0 Å². The van der Waals surface area contributed by atoms with Gasteiger partial charge in [0.05, 0.1) is 5.71 Å². The Morgan fingerprint density at radius 1 is 1.07 bits per heavy atom. The summed E-state index contributed by atoms with van der Waals surface area (Å²) in [6.07, 6.45) is 0.437. The van der Waals surface area contributed by atoms with Crippen LogP contribution in [0.25, 0.3) is 0 Å². The van der Waals surface area contributed by atoms with Gasteiger partial charge in [-0.3, -0.25) is 4.79 Å². The fraction of sp³-hybridized carbons (Fsp3) is 0.700. The molecule has 86 valence electrons. The van der Waals surface area contributed by atoms with Crippen LogP contribution in [0.15, 0.2) is 10.2 Å². The van der Waals surface area contributed by atoms with Gasteiger partial charge in [0, 0.05) is 34.6 Å². The standard InChI is InChI=1S/C10H20N4O/c1-7-9(15)10(12-14(5)6)8(2)11-13(3)4/h7H2,1-6H3/b11-8+,12-10-. The fourth-order valence-corrected chi connectivity index (χ4v) is 1.04. The Morgan fingerprint density at radius 3 is 1.87 bits per heavy atom. The van der Waals surface area contributed by atoms with Crippen LogP contribution < -0.4 is 0 Å². The molecule has 0 saturated carbocycles. The van der Waals surface area contributed by atoms with Crippen molar-refractivity contribution in [1.82, 2.24) is 10.0 Å². The van der Waals surface area contributed by atoms with Crippen LogP contribution in [-0.2, 0) is 4.79 Å². The van der Waals surface area contributed by atoms with Crippen molar-refractivity contribution in [2.24, 2.45) is 10.2 Å². The quantitative estimate of drug-likeness (QED) is 0.501. The topological polar surface area (TPSA) is 48.3 Å². The first-order valence-electron chi connectivity index (χ1n) is 4.90. The monoisotopic (exact) mass is 212 g/mol. The molecular weight excluding hydrogens is 192 g/mol. The van der Waals surface area contributed by atoms with Crippen molar-refractivity contribution in [3.8, 4) is 0 Å². The Bertz CT molecular complexity index is 279. The number of carbonyl (C=O) groups excluding carboxylic acids is 1. The zero-order chi connectivity index (χ0) is 12.0. The maximum Gasteiger partial charge on any atom is 0.184 e. The van der Waals surface area contributed by atoms with Crippen molar-refractivity contribution in [2.75, 3.05) is 28.2 Å². The highest BCUT2D eigenvalue weighted by Gasteiger charge is 2.13. The smallest absolute Gasteiger partial charge is 0.184 e. The molecule has 5 heteroatoms. The zero-order valence-corrected chi connectivity index (χ0v) is 10.4. The second-order valence-corrected chi connectivity index (χ2v) is 3.61. The van der Waals surface area contributed by atoms with Crippen molar-refractivity contribution in [1.29, 1.82) is 0 Å². The van der Waals surface area contributed by atoms with E-state index in [9.17, 15) is 4.79 Å². The first kappa shape index (κ1) is 13.6. The van der Waals surface area contributed by atoms with Crippen LogP contribution in [0.3, 0.4) is 0 Å². The Balaban J connectivity index is 5.04. The van der Waals surface area contributed by atoms with Gasteiger partial charge in [-0.2, -0.15) is 10.2 Å². The normalized spacial score (nSPS) is 12.7. The number of hydrazone groups is 2. The van der Waals surface area contributed by atoms with E-state index in [-0.39, 0.29) is 5.78 Å². The third-order valence-electron chi connectivity index (χ3n) is 1.58. The van der Waals surface area contributed by atoms with Crippen molar-refractivity contribution >= 4 is 17.2 Å². The molecule has 0 aromatic rings. The van der Waals surface area contributed by atoms with Gasteiger partial charge in [0.25, 0.3) is 0 Å². The highest BCUT2D eigenvalue weighted by atomic mass is 16.1. The minimum absolute atomic E-state index is 0.00630. The van der Waals surface area contributed by atoms with Gasteiger partial charge in [-0.25, -0.2) is 0 Å². The van der Waals surface area contributed by atoms with Gasteiger partial charge in [0.2, 0.25) is 0 Å². The molecule has 0 unspecified atom stereocenters. The Morgan fingerprint density at radius 2 is 1.53 bits per heavy atom.